The molecule has 11 heavy (non-hydrogen) atoms. The smallest absolute Gasteiger partial charge is 0.333 e. The molecule has 0 aromatic carbocycles. The maximum atomic E-state index is 10.4. The van der Waals surface area contributed by atoms with E-state index < -0.39 is 5.97 Å². The van der Waals surface area contributed by atoms with Gasteiger partial charge >= 0.3 is 5.97 Å². The molecule has 0 atom stereocenters. The molecule has 0 bridgehead atoms. The van der Waals surface area contributed by atoms with Crippen molar-refractivity contribution in [2.45, 2.75) is 13.8 Å². The van der Waals surface area contributed by atoms with E-state index in [1.54, 1.807) is 13.0 Å². The second kappa shape index (κ2) is 5.53. The molecular formula is C8H12O3. The van der Waals surface area contributed by atoms with E-state index >= 15 is 0 Å². The fourth-order valence-electron chi connectivity index (χ4n) is 0.323. The van der Waals surface area contributed by atoms with Crippen LogP contribution < -0.4 is 0 Å². The van der Waals surface area contributed by atoms with Gasteiger partial charge in [-0.15, -0.1) is 0 Å². The predicted molar refractivity (Wildman–Crippen MR) is 41.7 cm³/mol. The third-order valence-corrected chi connectivity index (χ3v) is 1.06. The SMILES string of the molecule is C=CC(=O)OCOC(C)=CC. The van der Waals surface area contributed by atoms with Crippen LogP contribution in [0.25, 0.3) is 0 Å². The minimum Gasteiger partial charge on any atom is -0.462 e. The Morgan fingerprint density at radius 2 is 2.18 bits per heavy atom. The zero-order valence-electron chi connectivity index (χ0n) is 6.79. The van der Waals surface area contributed by atoms with Crippen LogP contribution in [0.3, 0.4) is 0 Å². The van der Waals surface area contributed by atoms with Crippen LogP contribution in [0.5, 0.6) is 0 Å². The van der Waals surface area contributed by atoms with Crippen LogP contribution in [-0.4, -0.2) is 12.8 Å². The van der Waals surface area contributed by atoms with E-state index in [0.29, 0.717) is 0 Å². The highest BCUT2D eigenvalue weighted by Crippen LogP contribution is 1.94. The van der Waals surface area contributed by atoms with E-state index in [-0.39, 0.29) is 6.79 Å². The molecule has 0 aliphatic rings. The largest absolute Gasteiger partial charge is 0.462 e. The Kier molecular flexibility index (Phi) is 4.90. The molecule has 0 spiro atoms. The average Bonchev–Trinajstić information content (AvgIpc) is 2.04. The molecule has 0 fully saturated rings. The van der Waals surface area contributed by atoms with Crippen molar-refractivity contribution < 1.29 is 14.3 Å². The average molecular weight is 156 g/mol. The molecule has 0 N–H and O–H groups in total. The van der Waals surface area contributed by atoms with E-state index in [9.17, 15) is 4.79 Å². The van der Waals surface area contributed by atoms with Crippen LogP contribution in [0, 0.1) is 0 Å². The van der Waals surface area contributed by atoms with Gasteiger partial charge in [-0.05, 0) is 19.9 Å². The maximum Gasteiger partial charge on any atom is 0.333 e. The van der Waals surface area contributed by atoms with E-state index in [1.165, 1.54) is 0 Å². The van der Waals surface area contributed by atoms with Crippen LogP contribution in [-0.2, 0) is 14.3 Å². The highest BCUT2D eigenvalue weighted by atomic mass is 16.7. The summed E-state index contributed by atoms with van der Waals surface area (Å²) in [6, 6.07) is 0. The van der Waals surface area contributed by atoms with Gasteiger partial charge in [0, 0.05) is 6.08 Å². The Bertz CT molecular complexity index is 168. The minimum atomic E-state index is -0.478. The summed E-state index contributed by atoms with van der Waals surface area (Å²) in [6.45, 7) is 6.80. The summed E-state index contributed by atoms with van der Waals surface area (Å²) in [6.07, 6.45) is 2.87. The molecular weight excluding hydrogens is 144 g/mol. The van der Waals surface area contributed by atoms with Crippen LogP contribution in [0.15, 0.2) is 24.5 Å². The number of ether oxygens (including phenoxy) is 2. The van der Waals surface area contributed by atoms with Gasteiger partial charge < -0.3 is 9.47 Å². The van der Waals surface area contributed by atoms with Gasteiger partial charge in [-0.3, -0.25) is 0 Å². The first-order chi connectivity index (χ1) is 5.20. The van der Waals surface area contributed by atoms with Crippen molar-refractivity contribution in [1.29, 1.82) is 0 Å². The number of rotatable bonds is 4. The van der Waals surface area contributed by atoms with Crippen molar-refractivity contribution >= 4 is 5.97 Å². The monoisotopic (exact) mass is 156 g/mol. The predicted octanol–water partition coefficient (Wildman–Crippen LogP) is 1.61. The molecule has 0 aromatic rings. The highest BCUT2D eigenvalue weighted by Gasteiger charge is 1.93. The van der Waals surface area contributed by atoms with Gasteiger partial charge in [0.1, 0.15) is 0 Å². The molecule has 0 heterocycles. The third kappa shape index (κ3) is 5.21. The summed E-state index contributed by atoms with van der Waals surface area (Å²) >= 11 is 0. The molecule has 0 aliphatic carbocycles. The van der Waals surface area contributed by atoms with E-state index in [4.69, 9.17) is 4.74 Å². The van der Waals surface area contributed by atoms with Gasteiger partial charge in [0.25, 0.3) is 0 Å². The molecule has 0 aliphatic heterocycles. The quantitative estimate of drug-likeness (QED) is 0.268. The second-order valence-electron chi connectivity index (χ2n) is 1.83. The van der Waals surface area contributed by atoms with Crippen LogP contribution in [0.4, 0.5) is 0 Å². The molecule has 3 nitrogen and oxygen atoms in total. The summed E-state index contributed by atoms with van der Waals surface area (Å²) in [5.74, 6) is 0.246. The first-order valence-corrected chi connectivity index (χ1v) is 3.25. The molecule has 0 radical (unpaired) electrons. The zero-order chi connectivity index (χ0) is 8.69. The van der Waals surface area contributed by atoms with Crippen molar-refractivity contribution in [2.75, 3.05) is 6.79 Å². The topological polar surface area (TPSA) is 35.5 Å². The lowest BCUT2D eigenvalue weighted by molar-refractivity contribution is -0.147. The van der Waals surface area contributed by atoms with Crippen molar-refractivity contribution in [1.82, 2.24) is 0 Å². The van der Waals surface area contributed by atoms with Gasteiger partial charge in [0.2, 0.25) is 6.79 Å². The molecule has 0 saturated heterocycles. The van der Waals surface area contributed by atoms with Crippen LogP contribution in [0.1, 0.15) is 13.8 Å². The summed E-state index contributed by atoms with van der Waals surface area (Å²) in [4.78, 5) is 10.4. The van der Waals surface area contributed by atoms with Gasteiger partial charge in [-0.2, -0.15) is 0 Å². The molecule has 0 rings (SSSR count). The Hall–Kier alpha value is -1.25. The third-order valence-electron chi connectivity index (χ3n) is 1.06. The standard InChI is InChI=1S/C8H12O3/c1-4-7(3)10-6-11-8(9)5-2/h4-5H,2,6H2,1,3H3. The molecule has 3 heteroatoms. The number of carbonyl (C=O) groups is 1. The Morgan fingerprint density at radius 1 is 1.55 bits per heavy atom. The molecule has 0 aromatic heterocycles. The number of esters is 1. The Morgan fingerprint density at radius 3 is 2.64 bits per heavy atom. The van der Waals surface area contributed by atoms with Gasteiger partial charge in [-0.25, -0.2) is 4.79 Å². The minimum absolute atomic E-state index is 0.0545. The maximum absolute atomic E-state index is 10.4. The van der Waals surface area contributed by atoms with Gasteiger partial charge in [-0.1, -0.05) is 6.58 Å². The van der Waals surface area contributed by atoms with E-state index in [2.05, 4.69) is 11.3 Å². The summed E-state index contributed by atoms with van der Waals surface area (Å²) in [5, 5.41) is 0. The fraction of sp³-hybridized carbons (Fsp3) is 0.375. The number of hydrogen-bond donors (Lipinski definition) is 0. The first-order valence-electron chi connectivity index (χ1n) is 3.25. The molecule has 0 saturated carbocycles. The number of carbonyl (C=O) groups excluding carboxylic acids is 1. The lowest BCUT2D eigenvalue weighted by Gasteiger charge is -2.04. The Labute approximate surface area is 66.3 Å². The second-order valence-corrected chi connectivity index (χ2v) is 1.83. The number of hydrogen-bond acceptors (Lipinski definition) is 3. The normalized spacial score (nSPS) is 10.5. The Balaban J connectivity index is 3.42. The van der Waals surface area contributed by atoms with Gasteiger partial charge in [0.05, 0.1) is 5.76 Å². The number of allylic oxidation sites excluding steroid dienone is 2. The van der Waals surface area contributed by atoms with Crippen LogP contribution in [0.2, 0.25) is 0 Å². The van der Waals surface area contributed by atoms with Crippen molar-refractivity contribution in [3.8, 4) is 0 Å². The molecule has 62 valence electrons. The van der Waals surface area contributed by atoms with Crippen molar-refractivity contribution in [2.24, 2.45) is 0 Å². The van der Waals surface area contributed by atoms with Gasteiger partial charge in [0.15, 0.2) is 0 Å². The van der Waals surface area contributed by atoms with Crippen molar-refractivity contribution in [3.63, 3.8) is 0 Å². The van der Waals surface area contributed by atoms with Crippen LogP contribution >= 0.6 is 0 Å². The summed E-state index contributed by atoms with van der Waals surface area (Å²) in [5.41, 5.74) is 0. The van der Waals surface area contributed by atoms with E-state index in [1.807, 2.05) is 6.92 Å². The van der Waals surface area contributed by atoms with E-state index in [0.717, 1.165) is 11.8 Å². The molecule has 0 unspecified atom stereocenters. The lowest BCUT2D eigenvalue weighted by Crippen LogP contribution is -2.04. The lowest BCUT2D eigenvalue weighted by atomic mass is 10.5. The summed E-state index contributed by atoms with van der Waals surface area (Å²) in [7, 11) is 0. The fourth-order valence-corrected chi connectivity index (χ4v) is 0.323. The zero-order valence-corrected chi connectivity index (χ0v) is 6.79. The highest BCUT2D eigenvalue weighted by molar-refractivity contribution is 5.81. The molecule has 0 amide bonds. The first kappa shape index (κ1) is 9.75. The summed E-state index contributed by atoms with van der Waals surface area (Å²) < 4.78 is 9.48. The van der Waals surface area contributed by atoms with Crippen molar-refractivity contribution in [3.05, 3.63) is 24.5 Å².